The third kappa shape index (κ3) is 4.74. The summed E-state index contributed by atoms with van der Waals surface area (Å²) in [5.41, 5.74) is 3.29. The lowest BCUT2D eigenvalue weighted by Gasteiger charge is -2.44. The third-order valence-corrected chi connectivity index (χ3v) is 8.09. The minimum absolute atomic E-state index is 0.0917. The summed E-state index contributed by atoms with van der Waals surface area (Å²) < 4.78 is 42.1. The Balaban J connectivity index is 1.79. The van der Waals surface area contributed by atoms with Crippen LogP contribution in [0.2, 0.25) is 0 Å². The van der Waals surface area contributed by atoms with Crippen molar-refractivity contribution in [2.45, 2.75) is 72.3 Å². The first-order chi connectivity index (χ1) is 16.6. The first-order valence-corrected chi connectivity index (χ1v) is 13.5. The van der Waals surface area contributed by atoms with Gasteiger partial charge in [0.15, 0.2) is 11.5 Å². The number of ketones is 1. The van der Waals surface area contributed by atoms with E-state index in [9.17, 15) is 22.6 Å². The van der Waals surface area contributed by atoms with E-state index in [4.69, 9.17) is 9.84 Å². The van der Waals surface area contributed by atoms with Gasteiger partial charge in [-0.1, -0.05) is 26.3 Å². The summed E-state index contributed by atoms with van der Waals surface area (Å²) in [5.74, 6) is -1.31. The molecule has 4 rings (SSSR count). The lowest BCUT2D eigenvalue weighted by molar-refractivity contribution is -0.137. The van der Waals surface area contributed by atoms with Crippen LogP contribution in [0.1, 0.15) is 77.8 Å². The zero-order valence-electron chi connectivity index (χ0n) is 21.3. The van der Waals surface area contributed by atoms with Crippen molar-refractivity contribution in [3.63, 3.8) is 0 Å². The first kappa shape index (κ1) is 26.2. The van der Waals surface area contributed by atoms with E-state index in [1.165, 1.54) is 0 Å². The van der Waals surface area contributed by atoms with E-state index >= 15 is 0 Å². The van der Waals surface area contributed by atoms with Crippen molar-refractivity contribution < 1.29 is 32.4 Å². The van der Waals surface area contributed by atoms with Gasteiger partial charge in [0.1, 0.15) is 20.8 Å². The van der Waals surface area contributed by atoms with Crippen LogP contribution in [0.4, 0.5) is 5.69 Å². The number of rotatable bonds is 7. The van der Waals surface area contributed by atoms with Gasteiger partial charge in [0.25, 0.3) is 0 Å². The molecule has 0 saturated heterocycles. The highest BCUT2D eigenvalue weighted by Crippen LogP contribution is 2.50. The largest absolute Gasteiger partial charge is 0.744 e. The lowest BCUT2D eigenvalue weighted by Crippen LogP contribution is -2.45. The van der Waals surface area contributed by atoms with Crippen LogP contribution in [0, 0.1) is 5.41 Å². The molecule has 0 bridgehead atoms. The normalized spacial score (nSPS) is 20.1. The van der Waals surface area contributed by atoms with Crippen molar-refractivity contribution >= 4 is 39.2 Å². The van der Waals surface area contributed by atoms with E-state index in [0.29, 0.717) is 24.3 Å². The zero-order valence-corrected chi connectivity index (χ0v) is 22.1. The summed E-state index contributed by atoms with van der Waals surface area (Å²) in [6.07, 6.45) is 6.27. The van der Waals surface area contributed by atoms with Crippen molar-refractivity contribution in [1.82, 2.24) is 0 Å². The molecule has 0 atom stereocenters. The van der Waals surface area contributed by atoms with Gasteiger partial charge in [0.2, 0.25) is 0 Å². The molecule has 3 aliphatic rings. The summed E-state index contributed by atoms with van der Waals surface area (Å²) in [6, 6.07) is 3.85. The van der Waals surface area contributed by atoms with E-state index in [0.717, 1.165) is 35.2 Å². The highest BCUT2D eigenvalue weighted by atomic mass is 32.2. The van der Waals surface area contributed by atoms with Crippen LogP contribution >= 0.6 is 0 Å². The van der Waals surface area contributed by atoms with E-state index in [2.05, 4.69) is 24.8 Å². The highest BCUT2D eigenvalue weighted by Gasteiger charge is 2.43. The predicted octanol–water partition coefficient (Wildman–Crippen LogP) is 4.87. The summed E-state index contributed by atoms with van der Waals surface area (Å²) >= 11 is 0. The lowest BCUT2D eigenvalue weighted by atomic mass is 9.73. The van der Waals surface area contributed by atoms with Gasteiger partial charge in [-0.15, -0.1) is 0 Å². The molecule has 1 aliphatic carbocycles. The van der Waals surface area contributed by atoms with Crippen molar-refractivity contribution in [3.05, 3.63) is 45.6 Å². The number of benzene rings is 1. The second kappa shape index (κ2) is 8.88. The Morgan fingerprint density at radius 2 is 1.86 bits per heavy atom. The van der Waals surface area contributed by atoms with Gasteiger partial charge in [-0.25, -0.2) is 8.42 Å². The van der Waals surface area contributed by atoms with Crippen LogP contribution < -0.4 is 9.64 Å². The molecule has 0 unspecified atom stereocenters. The SMILES string of the molecule is CC1=CC(C)(C)N(CCCCCC(=O)O)c2cc3c(cc21)C=C1C(=C(S(=O)(=O)[O-])C(=O)CC1(C)C)O3. The molecule has 9 heteroatoms. The number of allylic oxidation sites excluding steroid dienone is 3. The Kier molecular flexibility index (Phi) is 6.46. The van der Waals surface area contributed by atoms with Crippen LogP contribution in [-0.4, -0.2) is 41.9 Å². The van der Waals surface area contributed by atoms with Crippen LogP contribution in [0.15, 0.2) is 34.4 Å². The van der Waals surface area contributed by atoms with Gasteiger partial charge in [-0.05, 0) is 51.3 Å². The molecule has 0 amide bonds. The van der Waals surface area contributed by atoms with Crippen molar-refractivity contribution in [3.8, 4) is 5.75 Å². The maximum atomic E-state index is 12.7. The molecule has 36 heavy (non-hydrogen) atoms. The number of ether oxygens (including phenoxy) is 1. The molecular formula is C27H32NO7S-. The fraction of sp³-hybridized carbons (Fsp3) is 0.481. The number of hydrogen-bond acceptors (Lipinski definition) is 7. The monoisotopic (exact) mass is 514 g/mol. The van der Waals surface area contributed by atoms with Crippen LogP contribution in [0.3, 0.4) is 0 Å². The van der Waals surface area contributed by atoms with Crippen LogP contribution in [0.5, 0.6) is 5.75 Å². The molecule has 2 heterocycles. The molecule has 1 N–H and O–H groups in total. The molecule has 1 aromatic carbocycles. The first-order valence-electron chi connectivity index (χ1n) is 12.1. The number of carbonyl (C=O) groups is 2. The van der Waals surface area contributed by atoms with Crippen LogP contribution in [-0.2, 0) is 19.7 Å². The number of carboxylic acids is 1. The predicted molar refractivity (Wildman–Crippen MR) is 136 cm³/mol. The summed E-state index contributed by atoms with van der Waals surface area (Å²) in [4.78, 5) is 24.9. The average molecular weight is 515 g/mol. The molecule has 194 valence electrons. The number of hydrogen-bond donors (Lipinski definition) is 1. The number of carbonyl (C=O) groups excluding carboxylic acids is 1. The fourth-order valence-corrected chi connectivity index (χ4v) is 6.20. The van der Waals surface area contributed by atoms with Gasteiger partial charge in [-0.3, -0.25) is 9.59 Å². The Morgan fingerprint density at radius 1 is 1.17 bits per heavy atom. The second-order valence-electron chi connectivity index (χ2n) is 11.0. The highest BCUT2D eigenvalue weighted by molar-refractivity contribution is 7.90. The number of unbranched alkanes of at least 4 members (excludes halogenated alkanes) is 2. The second-order valence-corrected chi connectivity index (χ2v) is 12.3. The molecular weight excluding hydrogens is 482 g/mol. The third-order valence-electron chi connectivity index (χ3n) is 7.18. The van der Waals surface area contributed by atoms with Gasteiger partial charge in [0, 0.05) is 53.3 Å². The number of nitrogens with zero attached hydrogens (tertiary/aromatic N) is 1. The molecule has 2 aliphatic heterocycles. The van der Waals surface area contributed by atoms with Gasteiger partial charge >= 0.3 is 5.97 Å². The van der Waals surface area contributed by atoms with Gasteiger partial charge in [-0.2, -0.15) is 0 Å². The Morgan fingerprint density at radius 3 is 2.50 bits per heavy atom. The van der Waals surface area contributed by atoms with Crippen LogP contribution in [0.25, 0.3) is 11.6 Å². The molecule has 0 spiro atoms. The minimum Gasteiger partial charge on any atom is -0.744 e. The molecule has 0 aromatic heterocycles. The topological polar surface area (TPSA) is 124 Å². The van der Waals surface area contributed by atoms with Crippen molar-refractivity contribution in [2.24, 2.45) is 5.41 Å². The number of fused-ring (bicyclic) bond motifs is 3. The Bertz CT molecular complexity index is 1350. The minimum atomic E-state index is -5.02. The van der Waals surface area contributed by atoms with E-state index in [-0.39, 0.29) is 24.1 Å². The number of anilines is 1. The Labute approximate surface area is 212 Å². The van der Waals surface area contributed by atoms with Gasteiger partial charge < -0.3 is 19.3 Å². The quantitative estimate of drug-likeness (QED) is 0.404. The standard InChI is InChI=1S/C27H33NO7S/c1-16-14-27(4,5)28(10-8-6-7-9-23(30)31)20-13-22-17(11-18(16)20)12-19-24(35-22)25(36(32,33)34)21(29)15-26(19,2)3/h11-14H,6-10,15H2,1-5H3,(H,30,31)(H,32,33,34)/p-1. The molecule has 0 fully saturated rings. The number of carboxylic acid groups (broad SMARTS) is 1. The average Bonchev–Trinajstić information content (AvgIpc) is 2.71. The van der Waals surface area contributed by atoms with E-state index in [1.807, 2.05) is 39.0 Å². The maximum absolute atomic E-state index is 12.7. The summed E-state index contributed by atoms with van der Waals surface area (Å²) in [7, 11) is -5.02. The fourth-order valence-electron chi connectivity index (χ4n) is 5.47. The Hall–Kier alpha value is -2.91. The molecule has 1 aromatic rings. The summed E-state index contributed by atoms with van der Waals surface area (Å²) in [5, 5.41) is 8.90. The number of Topliss-reactive ketones (excluding diaryl/α,β-unsaturated/α-hetero) is 1. The van der Waals surface area contributed by atoms with Gasteiger partial charge in [0.05, 0.1) is 5.54 Å². The van der Waals surface area contributed by atoms with E-state index < -0.39 is 32.2 Å². The number of aliphatic carboxylic acids is 1. The molecule has 8 nitrogen and oxygen atoms in total. The summed E-state index contributed by atoms with van der Waals surface area (Å²) in [6.45, 7) is 10.6. The molecule has 0 saturated carbocycles. The van der Waals surface area contributed by atoms with Crippen molar-refractivity contribution in [2.75, 3.05) is 11.4 Å². The maximum Gasteiger partial charge on any atom is 0.303 e. The van der Waals surface area contributed by atoms with E-state index in [1.54, 1.807) is 0 Å². The smallest absolute Gasteiger partial charge is 0.303 e. The zero-order chi connectivity index (χ0) is 26.6. The van der Waals surface area contributed by atoms with Crippen molar-refractivity contribution in [1.29, 1.82) is 0 Å². The molecule has 0 radical (unpaired) electrons.